The Labute approximate surface area is 107 Å². The second kappa shape index (κ2) is 4.98. The van der Waals surface area contributed by atoms with Crippen LogP contribution >= 0.6 is 0 Å². The molecule has 1 saturated heterocycles. The van der Waals surface area contributed by atoms with E-state index in [-0.39, 0.29) is 6.10 Å². The zero-order chi connectivity index (χ0) is 12.4. The molecule has 2 atom stereocenters. The number of benzene rings is 1. The summed E-state index contributed by atoms with van der Waals surface area (Å²) in [4.78, 5) is 4.52. The van der Waals surface area contributed by atoms with Crippen molar-refractivity contribution in [3.8, 4) is 5.75 Å². The first-order valence-electron chi connectivity index (χ1n) is 6.45. The highest BCUT2D eigenvalue weighted by Gasteiger charge is 2.29. The number of ether oxygens (including phenoxy) is 2. The average Bonchev–Trinajstić information content (AvgIpc) is 3.09. The van der Waals surface area contributed by atoms with E-state index >= 15 is 0 Å². The van der Waals surface area contributed by atoms with Gasteiger partial charge in [-0.25, -0.2) is 4.99 Å². The first-order valence-corrected chi connectivity index (χ1v) is 6.45. The fraction of sp³-hybridized carbons (Fsp3) is 0.500. The minimum Gasteiger partial charge on any atom is -0.497 e. The topological polar surface area (TPSA) is 42.8 Å². The Balaban J connectivity index is 1.69. The van der Waals surface area contributed by atoms with Crippen LogP contribution in [0.2, 0.25) is 0 Å². The first-order chi connectivity index (χ1) is 8.86. The van der Waals surface area contributed by atoms with Crippen LogP contribution in [0.4, 0.5) is 0 Å². The Morgan fingerprint density at radius 2 is 2.39 bits per heavy atom. The van der Waals surface area contributed by atoms with Gasteiger partial charge in [0.15, 0.2) is 0 Å². The highest BCUT2D eigenvalue weighted by atomic mass is 16.5. The predicted octanol–water partition coefficient (Wildman–Crippen LogP) is 1.92. The molecule has 0 saturated carbocycles. The van der Waals surface area contributed by atoms with Crippen LogP contribution in [-0.2, 0) is 4.74 Å². The summed E-state index contributed by atoms with van der Waals surface area (Å²) in [6.45, 7) is 1.78. The maximum absolute atomic E-state index is 5.96. The van der Waals surface area contributed by atoms with Crippen molar-refractivity contribution in [3.05, 3.63) is 29.8 Å². The fourth-order valence-electron chi connectivity index (χ4n) is 2.50. The third-order valence-corrected chi connectivity index (χ3v) is 3.50. The quantitative estimate of drug-likeness (QED) is 0.886. The van der Waals surface area contributed by atoms with Crippen LogP contribution in [0, 0.1) is 0 Å². The molecule has 1 aromatic carbocycles. The van der Waals surface area contributed by atoms with Crippen molar-refractivity contribution >= 4 is 5.90 Å². The SMILES string of the molecule is COc1cccc(C2CN=C(C3CCCN3)O2)c1. The smallest absolute Gasteiger partial charge is 0.201 e. The van der Waals surface area contributed by atoms with Crippen molar-refractivity contribution < 1.29 is 9.47 Å². The molecule has 0 aliphatic carbocycles. The van der Waals surface area contributed by atoms with Gasteiger partial charge in [-0.15, -0.1) is 0 Å². The second-order valence-corrected chi connectivity index (χ2v) is 4.71. The third-order valence-electron chi connectivity index (χ3n) is 3.50. The number of rotatable bonds is 3. The lowest BCUT2D eigenvalue weighted by atomic mass is 10.1. The molecular weight excluding hydrogens is 228 g/mol. The second-order valence-electron chi connectivity index (χ2n) is 4.71. The standard InChI is InChI=1S/C14H18N2O2/c1-17-11-5-2-4-10(8-11)13-9-16-14(18-13)12-6-3-7-15-12/h2,4-5,8,12-13,15H,3,6-7,9H2,1H3. The molecule has 0 spiro atoms. The summed E-state index contributed by atoms with van der Waals surface area (Å²) in [6, 6.07) is 8.33. The van der Waals surface area contributed by atoms with Crippen molar-refractivity contribution in [2.75, 3.05) is 20.2 Å². The summed E-state index contributed by atoms with van der Waals surface area (Å²) in [5, 5.41) is 3.41. The summed E-state index contributed by atoms with van der Waals surface area (Å²) in [6.07, 6.45) is 2.37. The molecule has 1 N–H and O–H groups in total. The lowest BCUT2D eigenvalue weighted by molar-refractivity contribution is 0.218. The van der Waals surface area contributed by atoms with Gasteiger partial charge >= 0.3 is 0 Å². The van der Waals surface area contributed by atoms with Crippen molar-refractivity contribution in [3.63, 3.8) is 0 Å². The van der Waals surface area contributed by atoms with E-state index in [1.807, 2.05) is 18.2 Å². The Kier molecular flexibility index (Phi) is 3.19. The molecule has 2 aliphatic rings. The van der Waals surface area contributed by atoms with Crippen LogP contribution in [0.3, 0.4) is 0 Å². The van der Waals surface area contributed by atoms with E-state index in [4.69, 9.17) is 9.47 Å². The third kappa shape index (κ3) is 2.20. The van der Waals surface area contributed by atoms with Crippen molar-refractivity contribution in [1.82, 2.24) is 5.32 Å². The monoisotopic (exact) mass is 246 g/mol. The lowest BCUT2D eigenvalue weighted by Crippen LogP contribution is -2.31. The summed E-state index contributed by atoms with van der Waals surface area (Å²) < 4.78 is 11.2. The Hall–Kier alpha value is -1.55. The number of methoxy groups -OCH3 is 1. The molecule has 2 aliphatic heterocycles. The van der Waals surface area contributed by atoms with Crippen molar-refractivity contribution in [2.24, 2.45) is 4.99 Å². The average molecular weight is 246 g/mol. The van der Waals surface area contributed by atoms with E-state index in [0.717, 1.165) is 30.2 Å². The van der Waals surface area contributed by atoms with Crippen LogP contribution in [0.15, 0.2) is 29.3 Å². The zero-order valence-corrected chi connectivity index (χ0v) is 10.6. The predicted molar refractivity (Wildman–Crippen MR) is 70.1 cm³/mol. The highest BCUT2D eigenvalue weighted by molar-refractivity contribution is 5.83. The summed E-state index contributed by atoms with van der Waals surface area (Å²) in [7, 11) is 1.68. The number of nitrogens with zero attached hydrogens (tertiary/aromatic N) is 1. The number of aliphatic imine (C=N–C) groups is 1. The summed E-state index contributed by atoms with van der Waals surface area (Å²) >= 11 is 0. The molecule has 0 amide bonds. The van der Waals surface area contributed by atoms with E-state index in [9.17, 15) is 0 Å². The number of hydrogen-bond donors (Lipinski definition) is 1. The largest absolute Gasteiger partial charge is 0.497 e. The number of nitrogens with one attached hydrogen (secondary N) is 1. The lowest BCUT2D eigenvalue weighted by Gasteiger charge is -2.15. The maximum atomic E-state index is 5.96. The Morgan fingerprint density at radius 3 is 3.17 bits per heavy atom. The zero-order valence-electron chi connectivity index (χ0n) is 10.6. The van der Waals surface area contributed by atoms with Crippen LogP contribution in [0.25, 0.3) is 0 Å². The molecule has 4 heteroatoms. The molecule has 3 rings (SSSR count). The first kappa shape index (κ1) is 11.5. The van der Waals surface area contributed by atoms with Gasteiger partial charge in [-0.1, -0.05) is 12.1 Å². The summed E-state index contributed by atoms with van der Waals surface area (Å²) in [5.41, 5.74) is 1.13. The molecule has 18 heavy (non-hydrogen) atoms. The molecule has 0 radical (unpaired) electrons. The highest BCUT2D eigenvalue weighted by Crippen LogP contribution is 2.27. The fourth-order valence-corrected chi connectivity index (χ4v) is 2.50. The van der Waals surface area contributed by atoms with Gasteiger partial charge in [0.05, 0.1) is 19.7 Å². The molecule has 96 valence electrons. The molecule has 0 bridgehead atoms. The molecular formula is C14H18N2O2. The molecule has 4 nitrogen and oxygen atoms in total. The van der Waals surface area contributed by atoms with Gasteiger partial charge in [0.2, 0.25) is 5.90 Å². The van der Waals surface area contributed by atoms with Crippen LogP contribution in [0.5, 0.6) is 5.75 Å². The van der Waals surface area contributed by atoms with Crippen molar-refractivity contribution in [2.45, 2.75) is 25.0 Å². The van der Waals surface area contributed by atoms with Gasteiger partial charge in [0, 0.05) is 0 Å². The van der Waals surface area contributed by atoms with Gasteiger partial charge in [-0.2, -0.15) is 0 Å². The Bertz CT molecular complexity index is 453. The van der Waals surface area contributed by atoms with E-state index in [2.05, 4.69) is 16.4 Å². The minimum absolute atomic E-state index is 0.0394. The molecule has 2 heterocycles. The molecule has 0 aromatic heterocycles. The molecule has 1 aromatic rings. The maximum Gasteiger partial charge on any atom is 0.201 e. The van der Waals surface area contributed by atoms with Gasteiger partial charge in [-0.05, 0) is 37.1 Å². The van der Waals surface area contributed by atoms with E-state index in [1.54, 1.807) is 7.11 Å². The van der Waals surface area contributed by atoms with E-state index in [1.165, 1.54) is 6.42 Å². The van der Waals surface area contributed by atoms with Gasteiger partial charge in [-0.3, -0.25) is 0 Å². The van der Waals surface area contributed by atoms with Crippen LogP contribution in [0.1, 0.15) is 24.5 Å². The van der Waals surface area contributed by atoms with Crippen LogP contribution in [-0.4, -0.2) is 32.1 Å². The van der Waals surface area contributed by atoms with Gasteiger partial charge < -0.3 is 14.8 Å². The van der Waals surface area contributed by atoms with E-state index < -0.39 is 0 Å². The summed E-state index contributed by atoms with van der Waals surface area (Å²) in [5.74, 6) is 1.74. The van der Waals surface area contributed by atoms with Gasteiger partial charge in [0.1, 0.15) is 11.9 Å². The van der Waals surface area contributed by atoms with Gasteiger partial charge in [0.25, 0.3) is 0 Å². The molecule has 2 unspecified atom stereocenters. The van der Waals surface area contributed by atoms with Crippen molar-refractivity contribution in [1.29, 1.82) is 0 Å². The van der Waals surface area contributed by atoms with Crippen LogP contribution < -0.4 is 10.1 Å². The molecule has 1 fully saturated rings. The number of hydrogen-bond acceptors (Lipinski definition) is 4. The van der Waals surface area contributed by atoms with E-state index in [0.29, 0.717) is 12.6 Å². The minimum atomic E-state index is 0.0394. The normalized spacial score (nSPS) is 26.8. The Morgan fingerprint density at radius 1 is 1.44 bits per heavy atom.